The number of aliphatic hydroxyl groups is 1. The van der Waals surface area contributed by atoms with Gasteiger partial charge in [-0.25, -0.2) is 0 Å². The Morgan fingerprint density at radius 2 is 2.00 bits per heavy atom. The molecule has 0 amide bonds. The van der Waals surface area contributed by atoms with Crippen molar-refractivity contribution in [3.05, 3.63) is 0 Å². The van der Waals surface area contributed by atoms with E-state index in [1.54, 1.807) is 0 Å². The predicted molar refractivity (Wildman–Crippen MR) is 47.0 cm³/mol. The smallest absolute Gasteiger partial charge is 0.0672 e. The zero-order valence-electron chi connectivity index (χ0n) is 7.59. The lowest BCUT2D eigenvalue weighted by Crippen LogP contribution is -2.29. The molecule has 0 bridgehead atoms. The van der Waals surface area contributed by atoms with E-state index in [2.05, 4.69) is 0 Å². The average Bonchev–Trinajstić information content (AvgIpc) is 2.62. The highest BCUT2D eigenvalue weighted by Gasteiger charge is 2.34. The van der Waals surface area contributed by atoms with Crippen molar-refractivity contribution in [3.63, 3.8) is 0 Å². The largest absolute Gasteiger partial charge is 0.390 e. The van der Waals surface area contributed by atoms with Crippen LogP contribution in [0.1, 0.15) is 44.9 Å². The standard InChI is InChI=1S/C10H18O2/c11-10(5-1-2-6-10)8-9-4-3-7-12-9/h9,11H,1-8H2. The average molecular weight is 170 g/mol. The van der Waals surface area contributed by atoms with Crippen LogP contribution >= 0.6 is 0 Å². The summed E-state index contributed by atoms with van der Waals surface area (Å²) in [6.45, 7) is 0.904. The van der Waals surface area contributed by atoms with Crippen molar-refractivity contribution in [1.82, 2.24) is 0 Å². The lowest BCUT2D eigenvalue weighted by atomic mass is 9.93. The second kappa shape index (κ2) is 3.35. The first kappa shape index (κ1) is 8.52. The molecule has 1 unspecified atom stereocenters. The summed E-state index contributed by atoms with van der Waals surface area (Å²) < 4.78 is 5.52. The number of hydrogen-bond acceptors (Lipinski definition) is 2. The van der Waals surface area contributed by atoms with Crippen LogP contribution in [0.2, 0.25) is 0 Å². The van der Waals surface area contributed by atoms with Gasteiger partial charge in [-0.2, -0.15) is 0 Å². The molecule has 0 radical (unpaired) electrons. The molecule has 12 heavy (non-hydrogen) atoms. The summed E-state index contributed by atoms with van der Waals surface area (Å²) in [4.78, 5) is 0. The second-order valence-corrected chi connectivity index (χ2v) is 4.27. The van der Waals surface area contributed by atoms with E-state index in [9.17, 15) is 5.11 Å². The molecule has 1 aliphatic heterocycles. The third-order valence-corrected chi connectivity index (χ3v) is 3.17. The minimum Gasteiger partial charge on any atom is -0.390 e. The Morgan fingerprint density at radius 1 is 1.25 bits per heavy atom. The molecular formula is C10H18O2. The summed E-state index contributed by atoms with van der Waals surface area (Å²) >= 11 is 0. The molecule has 2 aliphatic rings. The molecular weight excluding hydrogens is 152 g/mol. The van der Waals surface area contributed by atoms with E-state index < -0.39 is 0 Å². The topological polar surface area (TPSA) is 29.5 Å². The van der Waals surface area contributed by atoms with Crippen LogP contribution in [0.3, 0.4) is 0 Å². The van der Waals surface area contributed by atoms with Gasteiger partial charge < -0.3 is 9.84 Å². The quantitative estimate of drug-likeness (QED) is 0.685. The zero-order chi connectivity index (χ0) is 8.44. The van der Waals surface area contributed by atoms with Crippen LogP contribution in [0.4, 0.5) is 0 Å². The van der Waals surface area contributed by atoms with Crippen molar-refractivity contribution in [3.8, 4) is 0 Å². The normalized spacial score (nSPS) is 34.2. The fraction of sp³-hybridized carbons (Fsp3) is 1.00. The molecule has 0 spiro atoms. The molecule has 1 N–H and O–H groups in total. The summed E-state index contributed by atoms with van der Waals surface area (Å²) in [5.74, 6) is 0. The molecule has 1 aliphatic carbocycles. The first-order valence-corrected chi connectivity index (χ1v) is 5.13. The molecule has 2 heteroatoms. The van der Waals surface area contributed by atoms with E-state index in [4.69, 9.17) is 4.74 Å². The van der Waals surface area contributed by atoms with Gasteiger partial charge in [0.2, 0.25) is 0 Å². The van der Waals surface area contributed by atoms with Crippen molar-refractivity contribution < 1.29 is 9.84 Å². The van der Waals surface area contributed by atoms with Gasteiger partial charge in [-0.05, 0) is 25.7 Å². The fourth-order valence-corrected chi connectivity index (χ4v) is 2.47. The SMILES string of the molecule is OC1(CC2CCCO2)CCCC1. The van der Waals surface area contributed by atoms with Crippen LogP contribution in [0.15, 0.2) is 0 Å². The third kappa shape index (κ3) is 1.80. The Morgan fingerprint density at radius 3 is 2.58 bits per heavy atom. The molecule has 1 atom stereocenters. The highest BCUT2D eigenvalue weighted by Crippen LogP contribution is 2.35. The fourth-order valence-electron chi connectivity index (χ4n) is 2.47. The molecule has 2 fully saturated rings. The summed E-state index contributed by atoms with van der Waals surface area (Å²) in [7, 11) is 0. The Bertz CT molecular complexity index is 144. The molecule has 0 aromatic heterocycles. The highest BCUT2D eigenvalue weighted by atomic mass is 16.5. The lowest BCUT2D eigenvalue weighted by molar-refractivity contribution is -0.0146. The van der Waals surface area contributed by atoms with Gasteiger partial charge in [-0.1, -0.05) is 12.8 Å². The molecule has 2 nitrogen and oxygen atoms in total. The van der Waals surface area contributed by atoms with Gasteiger partial charge in [0.1, 0.15) is 0 Å². The zero-order valence-corrected chi connectivity index (χ0v) is 7.59. The van der Waals surface area contributed by atoms with Crippen LogP contribution in [0.25, 0.3) is 0 Å². The maximum Gasteiger partial charge on any atom is 0.0672 e. The summed E-state index contributed by atoms with van der Waals surface area (Å²) in [6.07, 6.45) is 7.95. The van der Waals surface area contributed by atoms with Crippen LogP contribution in [-0.2, 0) is 4.74 Å². The van der Waals surface area contributed by atoms with Crippen molar-refractivity contribution in [2.75, 3.05) is 6.61 Å². The predicted octanol–water partition coefficient (Wildman–Crippen LogP) is 1.86. The summed E-state index contributed by atoms with van der Waals surface area (Å²) in [6, 6.07) is 0. The minimum absolute atomic E-state index is 0.355. The minimum atomic E-state index is -0.366. The van der Waals surface area contributed by atoms with Crippen molar-refractivity contribution in [2.24, 2.45) is 0 Å². The van der Waals surface area contributed by atoms with Crippen molar-refractivity contribution >= 4 is 0 Å². The Balaban J connectivity index is 1.83. The molecule has 0 aromatic rings. The van der Waals surface area contributed by atoms with Gasteiger partial charge in [0, 0.05) is 13.0 Å². The third-order valence-electron chi connectivity index (χ3n) is 3.17. The van der Waals surface area contributed by atoms with E-state index in [0.29, 0.717) is 6.10 Å². The van der Waals surface area contributed by atoms with Gasteiger partial charge in [-0.15, -0.1) is 0 Å². The Kier molecular flexibility index (Phi) is 2.37. The van der Waals surface area contributed by atoms with Gasteiger partial charge in [0.05, 0.1) is 11.7 Å². The van der Waals surface area contributed by atoms with Gasteiger partial charge >= 0.3 is 0 Å². The van der Waals surface area contributed by atoms with E-state index >= 15 is 0 Å². The molecule has 1 saturated carbocycles. The molecule has 1 saturated heterocycles. The monoisotopic (exact) mass is 170 g/mol. The molecule has 0 aromatic carbocycles. The van der Waals surface area contributed by atoms with Crippen LogP contribution in [-0.4, -0.2) is 23.4 Å². The van der Waals surface area contributed by atoms with Crippen LogP contribution in [0.5, 0.6) is 0 Å². The van der Waals surface area contributed by atoms with E-state index in [1.165, 1.54) is 19.3 Å². The van der Waals surface area contributed by atoms with Crippen LogP contribution < -0.4 is 0 Å². The van der Waals surface area contributed by atoms with Crippen molar-refractivity contribution in [2.45, 2.75) is 56.7 Å². The molecule has 2 rings (SSSR count). The van der Waals surface area contributed by atoms with E-state index in [1.807, 2.05) is 0 Å². The lowest BCUT2D eigenvalue weighted by Gasteiger charge is -2.25. The maximum atomic E-state index is 10.1. The molecule has 70 valence electrons. The first-order valence-electron chi connectivity index (χ1n) is 5.13. The Labute approximate surface area is 73.9 Å². The van der Waals surface area contributed by atoms with Gasteiger partial charge in [0.25, 0.3) is 0 Å². The van der Waals surface area contributed by atoms with Gasteiger partial charge in [-0.3, -0.25) is 0 Å². The summed E-state index contributed by atoms with van der Waals surface area (Å²) in [5.41, 5.74) is -0.366. The number of rotatable bonds is 2. The van der Waals surface area contributed by atoms with Crippen LogP contribution in [0, 0.1) is 0 Å². The van der Waals surface area contributed by atoms with E-state index in [0.717, 1.165) is 32.3 Å². The molecule has 1 heterocycles. The van der Waals surface area contributed by atoms with E-state index in [-0.39, 0.29) is 5.60 Å². The second-order valence-electron chi connectivity index (χ2n) is 4.27. The number of ether oxygens (including phenoxy) is 1. The Hall–Kier alpha value is -0.0800. The first-order chi connectivity index (χ1) is 5.79. The van der Waals surface area contributed by atoms with Gasteiger partial charge in [0.15, 0.2) is 0 Å². The van der Waals surface area contributed by atoms with Crippen molar-refractivity contribution in [1.29, 1.82) is 0 Å². The maximum absolute atomic E-state index is 10.1. The number of hydrogen-bond donors (Lipinski definition) is 1. The summed E-state index contributed by atoms with van der Waals surface area (Å²) in [5, 5.41) is 10.1. The highest BCUT2D eigenvalue weighted by molar-refractivity contribution is 4.87.